The third kappa shape index (κ3) is 3.55. The molecule has 5 heteroatoms. The van der Waals surface area contributed by atoms with Crippen LogP contribution in [0.1, 0.15) is 31.2 Å². The Kier molecular flexibility index (Phi) is 3.92. The zero-order valence-corrected chi connectivity index (χ0v) is 10.3. The van der Waals surface area contributed by atoms with Gasteiger partial charge >= 0.3 is 0 Å². The van der Waals surface area contributed by atoms with Crippen LogP contribution in [0.3, 0.4) is 0 Å². The highest BCUT2D eigenvalue weighted by atomic mass is 19.3. The van der Waals surface area contributed by atoms with Crippen molar-refractivity contribution in [3.63, 3.8) is 0 Å². The van der Waals surface area contributed by atoms with Gasteiger partial charge in [-0.1, -0.05) is 6.07 Å². The van der Waals surface area contributed by atoms with Gasteiger partial charge in [-0.25, -0.2) is 17.6 Å². The number of hydrogen-bond donors (Lipinski definition) is 0. The number of rotatable bonds is 3. The van der Waals surface area contributed by atoms with Crippen molar-refractivity contribution in [3.8, 4) is 0 Å². The lowest BCUT2D eigenvalue weighted by Gasteiger charge is -2.27. The van der Waals surface area contributed by atoms with Crippen molar-refractivity contribution in [1.82, 2.24) is 0 Å². The minimum Gasteiger partial charge on any atom is -0.299 e. The van der Waals surface area contributed by atoms with Crippen molar-refractivity contribution >= 4 is 5.78 Å². The zero-order valence-electron chi connectivity index (χ0n) is 10.3. The number of hydrogen-bond acceptors (Lipinski definition) is 1. The number of carbonyl (C=O) groups is 1. The van der Waals surface area contributed by atoms with E-state index in [0.717, 1.165) is 12.1 Å². The fraction of sp³-hybridized carbons (Fsp3) is 0.500. The van der Waals surface area contributed by atoms with E-state index in [1.54, 1.807) is 0 Å². The first-order valence-electron chi connectivity index (χ1n) is 6.22. The van der Waals surface area contributed by atoms with Gasteiger partial charge in [0.2, 0.25) is 5.92 Å². The van der Waals surface area contributed by atoms with Crippen LogP contribution in [0.4, 0.5) is 17.6 Å². The normalized spacial score (nSPS) is 19.4. The summed E-state index contributed by atoms with van der Waals surface area (Å²) >= 11 is 0. The topological polar surface area (TPSA) is 17.1 Å². The second kappa shape index (κ2) is 5.31. The molecule has 1 aromatic rings. The molecule has 0 atom stereocenters. The minimum absolute atomic E-state index is 0.115. The largest absolute Gasteiger partial charge is 0.299 e. The lowest BCUT2D eigenvalue weighted by molar-refractivity contribution is -0.126. The van der Waals surface area contributed by atoms with Crippen LogP contribution in [-0.2, 0) is 11.2 Å². The maximum atomic E-state index is 13.4. The summed E-state index contributed by atoms with van der Waals surface area (Å²) in [6.07, 6.45) is -0.490. The molecule has 0 saturated heterocycles. The summed E-state index contributed by atoms with van der Waals surface area (Å²) in [6.45, 7) is 0. The molecule has 0 N–H and O–H groups in total. The predicted octanol–water partition coefficient (Wildman–Crippen LogP) is 3.90. The van der Waals surface area contributed by atoms with Crippen molar-refractivity contribution in [2.45, 2.75) is 38.0 Å². The first-order valence-corrected chi connectivity index (χ1v) is 6.22. The Labute approximate surface area is 108 Å². The standard InChI is InChI=1S/C14H14F4O/c15-11-2-1-10(12(16)8-11)7-13(19)9-3-5-14(17,18)6-4-9/h1-2,8-9H,3-7H2. The lowest BCUT2D eigenvalue weighted by atomic mass is 9.82. The molecule has 0 aromatic heterocycles. The molecule has 0 aliphatic heterocycles. The molecule has 19 heavy (non-hydrogen) atoms. The fourth-order valence-electron chi connectivity index (χ4n) is 2.36. The molecule has 1 fully saturated rings. The number of Topliss-reactive ketones (excluding diaryl/α,β-unsaturated/α-hetero) is 1. The van der Waals surface area contributed by atoms with E-state index in [4.69, 9.17) is 0 Å². The number of ketones is 1. The van der Waals surface area contributed by atoms with Gasteiger partial charge in [0.15, 0.2) is 0 Å². The second-order valence-corrected chi connectivity index (χ2v) is 5.01. The summed E-state index contributed by atoms with van der Waals surface area (Å²) in [5.74, 6) is -4.84. The van der Waals surface area contributed by atoms with Crippen molar-refractivity contribution in [1.29, 1.82) is 0 Å². The van der Waals surface area contributed by atoms with Gasteiger partial charge in [-0.2, -0.15) is 0 Å². The van der Waals surface area contributed by atoms with Gasteiger partial charge in [-0.3, -0.25) is 4.79 Å². The Hall–Kier alpha value is -1.39. The molecular weight excluding hydrogens is 260 g/mol. The van der Waals surface area contributed by atoms with E-state index >= 15 is 0 Å². The van der Waals surface area contributed by atoms with E-state index in [9.17, 15) is 22.4 Å². The van der Waals surface area contributed by atoms with Crippen LogP contribution >= 0.6 is 0 Å². The molecular formula is C14H14F4O. The van der Waals surface area contributed by atoms with E-state index < -0.39 is 23.5 Å². The Balaban J connectivity index is 1.98. The van der Waals surface area contributed by atoms with Crippen molar-refractivity contribution in [3.05, 3.63) is 35.4 Å². The molecule has 1 nitrogen and oxygen atoms in total. The third-order valence-electron chi connectivity index (χ3n) is 3.55. The maximum Gasteiger partial charge on any atom is 0.248 e. The highest BCUT2D eigenvalue weighted by Crippen LogP contribution is 2.36. The summed E-state index contributed by atoms with van der Waals surface area (Å²) in [7, 11) is 0. The van der Waals surface area contributed by atoms with Gasteiger partial charge in [0.05, 0.1) is 0 Å². The van der Waals surface area contributed by atoms with Crippen LogP contribution < -0.4 is 0 Å². The average Bonchev–Trinajstić information content (AvgIpc) is 2.32. The summed E-state index contributed by atoms with van der Waals surface area (Å²) in [5, 5.41) is 0. The second-order valence-electron chi connectivity index (χ2n) is 5.01. The van der Waals surface area contributed by atoms with E-state index in [-0.39, 0.29) is 43.5 Å². The highest BCUT2D eigenvalue weighted by molar-refractivity contribution is 5.83. The summed E-state index contributed by atoms with van der Waals surface area (Å²) in [4.78, 5) is 11.9. The van der Waals surface area contributed by atoms with Crippen LogP contribution in [0.25, 0.3) is 0 Å². The Morgan fingerprint density at radius 3 is 2.42 bits per heavy atom. The van der Waals surface area contributed by atoms with Crippen LogP contribution in [0.5, 0.6) is 0 Å². The van der Waals surface area contributed by atoms with Crippen LogP contribution in [-0.4, -0.2) is 11.7 Å². The van der Waals surface area contributed by atoms with Crippen LogP contribution in [0, 0.1) is 17.6 Å². The monoisotopic (exact) mass is 274 g/mol. The molecule has 1 aliphatic carbocycles. The van der Waals surface area contributed by atoms with E-state index in [1.165, 1.54) is 6.07 Å². The quantitative estimate of drug-likeness (QED) is 0.764. The zero-order chi connectivity index (χ0) is 14.0. The number of alkyl halides is 2. The van der Waals surface area contributed by atoms with Crippen molar-refractivity contribution < 1.29 is 22.4 Å². The maximum absolute atomic E-state index is 13.4. The lowest BCUT2D eigenvalue weighted by Crippen LogP contribution is -2.29. The van der Waals surface area contributed by atoms with E-state index in [1.807, 2.05) is 0 Å². The Morgan fingerprint density at radius 2 is 1.84 bits per heavy atom. The molecule has 0 heterocycles. The molecule has 1 aromatic carbocycles. The average molecular weight is 274 g/mol. The SMILES string of the molecule is O=C(Cc1ccc(F)cc1F)C1CCC(F)(F)CC1. The van der Waals surface area contributed by atoms with Gasteiger partial charge in [-0.05, 0) is 24.5 Å². The van der Waals surface area contributed by atoms with E-state index in [0.29, 0.717) is 0 Å². The van der Waals surface area contributed by atoms with Gasteiger partial charge < -0.3 is 0 Å². The summed E-state index contributed by atoms with van der Waals surface area (Å²) in [6, 6.07) is 3.03. The molecule has 0 amide bonds. The molecule has 0 spiro atoms. The third-order valence-corrected chi connectivity index (χ3v) is 3.55. The van der Waals surface area contributed by atoms with Crippen molar-refractivity contribution in [2.24, 2.45) is 5.92 Å². The van der Waals surface area contributed by atoms with Gasteiger partial charge in [0.25, 0.3) is 0 Å². The molecule has 1 aliphatic rings. The predicted molar refractivity (Wildman–Crippen MR) is 62.0 cm³/mol. The molecule has 104 valence electrons. The van der Waals surface area contributed by atoms with Gasteiger partial charge in [0.1, 0.15) is 17.4 Å². The Morgan fingerprint density at radius 1 is 1.21 bits per heavy atom. The molecule has 0 bridgehead atoms. The van der Waals surface area contributed by atoms with Crippen LogP contribution in [0.2, 0.25) is 0 Å². The number of halogens is 4. The minimum atomic E-state index is -2.68. The number of benzene rings is 1. The Bertz CT molecular complexity index is 474. The van der Waals surface area contributed by atoms with Crippen molar-refractivity contribution in [2.75, 3.05) is 0 Å². The summed E-state index contributed by atoms with van der Waals surface area (Å²) in [5.41, 5.74) is 0.115. The molecule has 0 unspecified atom stereocenters. The smallest absolute Gasteiger partial charge is 0.248 e. The summed E-state index contributed by atoms with van der Waals surface area (Å²) < 4.78 is 52.0. The highest BCUT2D eigenvalue weighted by Gasteiger charge is 2.37. The van der Waals surface area contributed by atoms with Gasteiger partial charge in [-0.15, -0.1) is 0 Å². The molecule has 1 saturated carbocycles. The van der Waals surface area contributed by atoms with E-state index in [2.05, 4.69) is 0 Å². The molecule has 0 radical (unpaired) electrons. The first-order chi connectivity index (χ1) is 8.87. The molecule has 2 rings (SSSR count). The fourth-order valence-corrected chi connectivity index (χ4v) is 2.36. The first kappa shape index (κ1) is 14.0. The van der Waals surface area contributed by atoms with Crippen LogP contribution in [0.15, 0.2) is 18.2 Å². The van der Waals surface area contributed by atoms with Gasteiger partial charge in [0, 0.05) is 31.2 Å². The number of carbonyl (C=O) groups excluding carboxylic acids is 1.